The van der Waals surface area contributed by atoms with Crippen molar-refractivity contribution in [2.24, 2.45) is 0 Å². The monoisotopic (exact) mass is 340 g/mol. The van der Waals surface area contributed by atoms with Gasteiger partial charge in [-0.15, -0.1) is 0 Å². The molecule has 2 aromatic rings. The SMILES string of the molecule is CC(=O)c1ccc(NC(=O)CCNCc2ccc3c(c2)OCO3)cc1. The second kappa shape index (κ2) is 7.81. The van der Waals surface area contributed by atoms with E-state index in [-0.39, 0.29) is 18.5 Å². The molecule has 1 amide bonds. The number of fused-ring (bicyclic) bond motifs is 1. The average Bonchev–Trinajstić information content (AvgIpc) is 3.07. The fraction of sp³-hybridized carbons (Fsp3) is 0.263. The second-order valence-corrected chi connectivity index (χ2v) is 5.80. The molecule has 0 unspecified atom stereocenters. The Morgan fingerprint density at radius 1 is 1.04 bits per heavy atom. The van der Waals surface area contributed by atoms with Crippen LogP contribution in [0.15, 0.2) is 42.5 Å². The van der Waals surface area contributed by atoms with Gasteiger partial charge in [0, 0.05) is 30.8 Å². The van der Waals surface area contributed by atoms with E-state index in [2.05, 4.69) is 10.6 Å². The van der Waals surface area contributed by atoms with Crippen LogP contribution in [0.4, 0.5) is 5.69 Å². The summed E-state index contributed by atoms with van der Waals surface area (Å²) < 4.78 is 10.6. The number of ketones is 1. The molecular weight excluding hydrogens is 320 g/mol. The summed E-state index contributed by atoms with van der Waals surface area (Å²) >= 11 is 0. The zero-order valence-corrected chi connectivity index (χ0v) is 14.0. The number of ether oxygens (including phenoxy) is 2. The van der Waals surface area contributed by atoms with E-state index in [9.17, 15) is 9.59 Å². The van der Waals surface area contributed by atoms with Crippen LogP contribution >= 0.6 is 0 Å². The molecule has 2 N–H and O–H groups in total. The van der Waals surface area contributed by atoms with Crippen molar-refractivity contribution < 1.29 is 19.1 Å². The van der Waals surface area contributed by atoms with Crippen molar-refractivity contribution in [1.82, 2.24) is 5.32 Å². The maximum absolute atomic E-state index is 11.9. The maximum Gasteiger partial charge on any atom is 0.231 e. The Morgan fingerprint density at radius 2 is 1.80 bits per heavy atom. The van der Waals surface area contributed by atoms with Crippen molar-refractivity contribution in [2.75, 3.05) is 18.7 Å². The van der Waals surface area contributed by atoms with Crippen LogP contribution in [-0.4, -0.2) is 25.0 Å². The van der Waals surface area contributed by atoms with Gasteiger partial charge in [-0.05, 0) is 48.9 Å². The predicted molar refractivity (Wildman–Crippen MR) is 94.0 cm³/mol. The van der Waals surface area contributed by atoms with E-state index in [1.165, 1.54) is 6.92 Å². The Kier molecular flexibility index (Phi) is 5.30. The van der Waals surface area contributed by atoms with E-state index in [1.807, 2.05) is 18.2 Å². The highest BCUT2D eigenvalue weighted by Crippen LogP contribution is 2.32. The molecule has 0 aliphatic carbocycles. The third-order valence-electron chi connectivity index (χ3n) is 3.87. The summed E-state index contributed by atoms with van der Waals surface area (Å²) in [6.45, 7) is 2.99. The van der Waals surface area contributed by atoms with Crippen molar-refractivity contribution in [2.45, 2.75) is 19.9 Å². The van der Waals surface area contributed by atoms with E-state index >= 15 is 0 Å². The first kappa shape index (κ1) is 17.0. The zero-order chi connectivity index (χ0) is 17.6. The summed E-state index contributed by atoms with van der Waals surface area (Å²) in [5.74, 6) is 1.45. The number of hydrogen-bond donors (Lipinski definition) is 2. The number of carbonyl (C=O) groups is 2. The minimum absolute atomic E-state index is 0.00518. The molecule has 0 saturated heterocycles. The number of benzene rings is 2. The first-order chi connectivity index (χ1) is 12.1. The number of nitrogens with one attached hydrogen (secondary N) is 2. The van der Waals surface area contributed by atoms with E-state index in [1.54, 1.807) is 24.3 Å². The minimum atomic E-state index is -0.0752. The molecule has 1 heterocycles. The normalized spacial score (nSPS) is 12.0. The highest BCUT2D eigenvalue weighted by molar-refractivity contribution is 5.95. The second-order valence-electron chi connectivity index (χ2n) is 5.80. The highest BCUT2D eigenvalue weighted by Gasteiger charge is 2.12. The Labute approximate surface area is 146 Å². The lowest BCUT2D eigenvalue weighted by Gasteiger charge is -2.08. The summed E-state index contributed by atoms with van der Waals surface area (Å²) in [7, 11) is 0. The average molecular weight is 340 g/mol. The molecule has 0 radical (unpaired) electrons. The van der Waals surface area contributed by atoms with Gasteiger partial charge < -0.3 is 20.1 Å². The van der Waals surface area contributed by atoms with Crippen molar-refractivity contribution in [3.05, 3.63) is 53.6 Å². The molecule has 6 nitrogen and oxygen atoms in total. The largest absolute Gasteiger partial charge is 0.454 e. The molecule has 3 rings (SSSR count). The van der Waals surface area contributed by atoms with Gasteiger partial charge in [0.15, 0.2) is 17.3 Å². The lowest BCUT2D eigenvalue weighted by atomic mass is 10.1. The number of amides is 1. The lowest BCUT2D eigenvalue weighted by Crippen LogP contribution is -2.21. The zero-order valence-electron chi connectivity index (χ0n) is 14.0. The van der Waals surface area contributed by atoms with Crippen LogP contribution < -0.4 is 20.1 Å². The highest BCUT2D eigenvalue weighted by atomic mass is 16.7. The molecular formula is C19H20N2O4. The van der Waals surface area contributed by atoms with Gasteiger partial charge >= 0.3 is 0 Å². The number of hydrogen-bond acceptors (Lipinski definition) is 5. The number of anilines is 1. The van der Waals surface area contributed by atoms with Crippen LogP contribution in [0.5, 0.6) is 11.5 Å². The smallest absolute Gasteiger partial charge is 0.231 e. The molecule has 0 atom stereocenters. The van der Waals surface area contributed by atoms with E-state index < -0.39 is 0 Å². The third-order valence-corrected chi connectivity index (χ3v) is 3.87. The summed E-state index contributed by atoms with van der Waals surface area (Å²) in [6.07, 6.45) is 0.360. The lowest BCUT2D eigenvalue weighted by molar-refractivity contribution is -0.116. The van der Waals surface area contributed by atoms with Crippen LogP contribution in [0.3, 0.4) is 0 Å². The maximum atomic E-state index is 11.9. The van der Waals surface area contributed by atoms with Crippen LogP contribution in [0.2, 0.25) is 0 Å². The van der Waals surface area contributed by atoms with E-state index in [4.69, 9.17) is 9.47 Å². The number of Topliss-reactive ketones (excluding diaryl/α,β-unsaturated/α-hetero) is 1. The van der Waals surface area contributed by atoms with Crippen molar-refractivity contribution in [1.29, 1.82) is 0 Å². The molecule has 25 heavy (non-hydrogen) atoms. The van der Waals surface area contributed by atoms with E-state index in [0.29, 0.717) is 30.8 Å². The summed E-state index contributed by atoms with van der Waals surface area (Å²) in [4.78, 5) is 23.2. The molecule has 0 aromatic heterocycles. The van der Waals surface area contributed by atoms with Gasteiger partial charge in [0.2, 0.25) is 12.7 Å². The topological polar surface area (TPSA) is 76.7 Å². The quantitative estimate of drug-likeness (QED) is 0.599. The van der Waals surface area contributed by atoms with Crippen LogP contribution in [0.1, 0.15) is 29.3 Å². The number of carbonyl (C=O) groups excluding carboxylic acids is 2. The van der Waals surface area contributed by atoms with Gasteiger partial charge in [-0.1, -0.05) is 6.07 Å². The van der Waals surface area contributed by atoms with Crippen LogP contribution in [0, 0.1) is 0 Å². The molecule has 2 aromatic carbocycles. The predicted octanol–water partition coefficient (Wildman–Crippen LogP) is 2.74. The number of rotatable bonds is 7. The molecule has 1 aliphatic rings. The summed E-state index contributed by atoms with van der Waals surface area (Å²) in [6, 6.07) is 12.7. The Balaban J connectivity index is 1.40. The Bertz CT molecular complexity index is 771. The summed E-state index contributed by atoms with van der Waals surface area (Å²) in [5, 5.41) is 6.05. The van der Waals surface area contributed by atoms with Gasteiger partial charge in [-0.25, -0.2) is 0 Å². The summed E-state index contributed by atoms with van der Waals surface area (Å²) in [5.41, 5.74) is 2.39. The molecule has 0 bridgehead atoms. The Morgan fingerprint density at radius 3 is 2.56 bits per heavy atom. The van der Waals surface area contributed by atoms with Gasteiger partial charge in [-0.2, -0.15) is 0 Å². The van der Waals surface area contributed by atoms with Crippen LogP contribution in [0.25, 0.3) is 0 Å². The van der Waals surface area contributed by atoms with Crippen molar-refractivity contribution >= 4 is 17.4 Å². The molecule has 0 spiro atoms. The first-order valence-corrected chi connectivity index (χ1v) is 8.12. The molecule has 0 saturated carbocycles. The van der Waals surface area contributed by atoms with Gasteiger partial charge in [0.25, 0.3) is 0 Å². The molecule has 1 aliphatic heterocycles. The molecule has 0 fully saturated rings. The fourth-order valence-electron chi connectivity index (χ4n) is 2.50. The minimum Gasteiger partial charge on any atom is -0.454 e. The van der Waals surface area contributed by atoms with Gasteiger partial charge in [0.05, 0.1) is 0 Å². The van der Waals surface area contributed by atoms with Crippen molar-refractivity contribution in [3.63, 3.8) is 0 Å². The fourth-order valence-corrected chi connectivity index (χ4v) is 2.50. The van der Waals surface area contributed by atoms with E-state index in [0.717, 1.165) is 17.1 Å². The Hall–Kier alpha value is -2.86. The molecule has 6 heteroatoms. The standard InChI is InChI=1S/C19H20N2O4/c1-13(22)15-3-5-16(6-4-15)21-19(23)8-9-20-11-14-2-7-17-18(10-14)25-12-24-17/h2-7,10,20H,8-9,11-12H2,1H3,(H,21,23). The van der Waals surface area contributed by atoms with Gasteiger partial charge in [0.1, 0.15) is 0 Å². The van der Waals surface area contributed by atoms with Crippen LogP contribution in [-0.2, 0) is 11.3 Å². The van der Waals surface area contributed by atoms with Gasteiger partial charge in [-0.3, -0.25) is 9.59 Å². The van der Waals surface area contributed by atoms with Crippen molar-refractivity contribution in [3.8, 4) is 11.5 Å². The third kappa shape index (κ3) is 4.58. The molecule has 130 valence electrons. The first-order valence-electron chi connectivity index (χ1n) is 8.12.